The molecule has 0 aliphatic carbocycles. The van der Waals surface area contributed by atoms with E-state index in [-0.39, 0.29) is 44.4 Å². The van der Waals surface area contributed by atoms with Gasteiger partial charge in [-0.1, -0.05) is 18.2 Å². The summed E-state index contributed by atoms with van der Waals surface area (Å²) in [5.74, 6) is -1.13. The Kier molecular flexibility index (Phi) is 12.3. The molecule has 1 aliphatic heterocycles. The van der Waals surface area contributed by atoms with Crippen molar-refractivity contribution in [1.82, 2.24) is 14.9 Å². The summed E-state index contributed by atoms with van der Waals surface area (Å²) in [5, 5.41) is 12.0. The molecule has 1 aliphatic rings. The maximum Gasteiger partial charge on any atom is 0.246 e. The first kappa shape index (κ1) is 30.5. The fraction of sp³-hybridized carbons (Fsp3) is 0.545. The molecule has 1 fully saturated rings. The molecule has 0 aromatic heterocycles. The number of nitrogens with one attached hydrogen (secondary N) is 3. The second-order valence-corrected chi connectivity index (χ2v) is 10.7. The Morgan fingerprint density at radius 1 is 1.29 bits per heavy atom. The summed E-state index contributed by atoms with van der Waals surface area (Å²) in [6.07, 6.45) is 2.33. The molecular weight excluding hydrogens is 496 g/mol. The first-order valence-electron chi connectivity index (χ1n) is 11.3. The number of halogens is 1. The van der Waals surface area contributed by atoms with Gasteiger partial charge in [-0.15, -0.1) is 12.4 Å². The second-order valence-electron chi connectivity index (χ2n) is 8.31. The Balaban J connectivity index is 0.00000612. The molecule has 5 N–H and O–H groups in total. The number of benzene rings is 1. The van der Waals surface area contributed by atoms with Gasteiger partial charge in [0.1, 0.15) is 12.3 Å². The van der Waals surface area contributed by atoms with Crippen molar-refractivity contribution < 1.29 is 22.8 Å². The predicted octanol–water partition coefficient (Wildman–Crippen LogP) is 0.591. The van der Waals surface area contributed by atoms with Crippen molar-refractivity contribution in [2.24, 2.45) is 5.73 Å². The molecule has 0 unspecified atom stereocenters. The van der Waals surface area contributed by atoms with Crippen molar-refractivity contribution >= 4 is 52.2 Å². The zero-order valence-corrected chi connectivity index (χ0v) is 21.6. The summed E-state index contributed by atoms with van der Waals surface area (Å²) in [5.41, 5.74) is 5.71. The molecule has 1 heterocycles. The van der Waals surface area contributed by atoms with Crippen LogP contribution in [0, 0.1) is 5.41 Å². The van der Waals surface area contributed by atoms with Crippen LogP contribution in [0.3, 0.4) is 0 Å². The number of hydrogen-bond acceptors (Lipinski definition) is 7. The number of nitrogens with two attached hydrogens (primary N) is 1. The van der Waals surface area contributed by atoms with E-state index in [2.05, 4.69) is 10.6 Å². The molecule has 1 aromatic carbocycles. The minimum absolute atomic E-state index is 0. The average molecular weight is 531 g/mol. The molecule has 2 atom stereocenters. The number of carbonyl (C=O) groups excluding carboxylic acids is 3. The summed E-state index contributed by atoms with van der Waals surface area (Å²) < 4.78 is 26.9. The number of para-hydroxylation sites is 1. The molecule has 35 heavy (non-hydrogen) atoms. The predicted molar refractivity (Wildman–Crippen MR) is 137 cm³/mol. The number of sulfonamides is 1. The van der Waals surface area contributed by atoms with Gasteiger partial charge < -0.3 is 20.7 Å². The lowest BCUT2D eigenvalue weighted by atomic mass is 10.1. The van der Waals surface area contributed by atoms with Crippen LogP contribution >= 0.6 is 12.4 Å². The zero-order valence-electron chi connectivity index (χ0n) is 20.0. The fourth-order valence-electron chi connectivity index (χ4n) is 3.81. The molecule has 13 heteroatoms. The van der Waals surface area contributed by atoms with E-state index in [9.17, 15) is 22.8 Å². The fourth-order valence-corrected chi connectivity index (χ4v) is 5.29. The molecule has 196 valence electrons. The summed E-state index contributed by atoms with van der Waals surface area (Å²) in [6.45, 7) is 3.47. The van der Waals surface area contributed by atoms with Crippen LogP contribution in [0.2, 0.25) is 0 Å². The van der Waals surface area contributed by atoms with Gasteiger partial charge in [-0.3, -0.25) is 20.3 Å². The molecular formula is C22H35ClN6O5S. The van der Waals surface area contributed by atoms with Crippen LogP contribution < -0.4 is 21.3 Å². The average Bonchev–Trinajstić information content (AvgIpc) is 3.32. The van der Waals surface area contributed by atoms with Gasteiger partial charge in [0.2, 0.25) is 21.8 Å². The SMILES string of the molecule is CC(C)S(=O)(=O)N1CCC[C@H]1C(=O)N(c1ccccc1)[C@H](C=O)CCCNC(=N)NC(=O)CN.Cl. The Labute approximate surface area is 212 Å². The van der Waals surface area contributed by atoms with Crippen molar-refractivity contribution in [2.45, 2.75) is 56.9 Å². The summed E-state index contributed by atoms with van der Waals surface area (Å²) in [7, 11) is -3.64. The number of carbonyl (C=O) groups is 3. The maximum atomic E-state index is 13.7. The van der Waals surface area contributed by atoms with Gasteiger partial charge in [0.15, 0.2) is 5.96 Å². The summed E-state index contributed by atoms with van der Waals surface area (Å²) in [4.78, 5) is 38.4. The van der Waals surface area contributed by atoms with Crippen LogP contribution in [-0.4, -0.2) is 73.8 Å². The highest BCUT2D eigenvalue weighted by molar-refractivity contribution is 7.89. The lowest BCUT2D eigenvalue weighted by Gasteiger charge is -2.34. The van der Waals surface area contributed by atoms with Crippen LogP contribution in [0.15, 0.2) is 30.3 Å². The molecule has 0 spiro atoms. The number of anilines is 1. The number of rotatable bonds is 11. The number of aldehydes is 1. The van der Waals surface area contributed by atoms with Crippen molar-refractivity contribution in [3.05, 3.63) is 30.3 Å². The van der Waals surface area contributed by atoms with Gasteiger partial charge in [0, 0.05) is 18.8 Å². The quantitative estimate of drug-likeness (QED) is 0.140. The monoisotopic (exact) mass is 530 g/mol. The Hall–Kier alpha value is -2.54. The number of nitrogens with zero attached hydrogens (tertiary/aromatic N) is 2. The number of guanidine groups is 1. The third kappa shape index (κ3) is 7.99. The molecule has 2 rings (SSSR count). The van der Waals surface area contributed by atoms with Crippen LogP contribution in [0.4, 0.5) is 5.69 Å². The molecule has 1 saturated heterocycles. The third-order valence-corrected chi connectivity index (χ3v) is 7.88. The second kappa shape index (κ2) is 14.1. The van der Waals surface area contributed by atoms with Crippen LogP contribution in [0.1, 0.15) is 39.5 Å². The number of amides is 2. The van der Waals surface area contributed by atoms with Gasteiger partial charge in [-0.25, -0.2) is 8.42 Å². The zero-order chi connectivity index (χ0) is 25.3. The molecule has 2 amide bonds. The van der Waals surface area contributed by atoms with Gasteiger partial charge >= 0.3 is 0 Å². The van der Waals surface area contributed by atoms with E-state index in [1.54, 1.807) is 44.2 Å². The third-order valence-electron chi connectivity index (χ3n) is 5.60. The van der Waals surface area contributed by atoms with E-state index >= 15 is 0 Å². The van der Waals surface area contributed by atoms with Crippen LogP contribution in [0.25, 0.3) is 0 Å². The summed E-state index contributed by atoms with van der Waals surface area (Å²) >= 11 is 0. The Morgan fingerprint density at radius 3 is 2.51 bits per heavy atom. The van der Waals surface area contributed by atoms with Gasteiger partial charge in [0.25, 0.3) is 0 Å². The van der Waals surface area contributed by atoms with E-state index in [1.165, 1.54) is 9.21 Å². The number of hydrogen-bond donors (Lipinski definition) is 4. The molecule has 11 nitrogen and oxygen atoms in total. The van der Waals surface area contributed by atoms with E-state index < -0.39 is 39.2 Å². The first-order valence-corrected chi connectivity index (χ1v) is 12.8. The lowest BCUT2D eigenvalue weighted by molar-refractivity contribution is -0.123. The van der Waals surface area contributed by atoms with Crippen LogP contribution in [0.5, 0.6) is 0 Å². The Morgan fingerprint density at radius 2 is 1.94 bits per heavy atom. The molecule has 0 saturated carbocycles. The molecule has 1 aromatic rings. The largest absolute Gasteiger partial charge is 0.356 e. The molecule has 0 bridgehead atoms. The van der Waals surface area contributed by atoms with Gasteiger partial charge in [-0.05, 0) is 51.7 Å². The minimum atomic E-state index is -3.64. The lowest BCUT2D eigenvalue weighted by Crippen LogP contribution is -2.53. The van der Waals surface area contributed by atoms with E-state index in [0.29, 0.717) is 31.2 Å². The highest BCUT2D eigenvalue weighted by Gasteiger charge is 2.43. The smallest absolute Gasteiger partial charge is 0.246 e. The summed E-state index contributed by atoms with van der Waals surface area (Å²) in [6, 6.07) is 7.01. The van der Waals surface area contributed by atoms with Gasteiger partial charge in [0.05, 0.1) is 17.8 Å². The van der Waals surface area contributed by atoms with Crippen LogP contribution in [-0.2, 0) is 24.4 Å². The Bertz CT molecular complexity index is 976. The highest BCUT2D eigenvalue weighted by Crippen LogP contribution is 2.28. The first-order chi connectivity index (χ1) is 16.1. The standard InChI is InChI=1S/C22H34N6O5S.ClH/c1-16(2)34(32,33)27-13-7-11-19(27)21(31)28(17-8-4-3-5-9-17)18(15-29)10-6-12-25-22(24)26-20(30)14-23;/h3-5,8-9,15-16,18-19H,6-7,10-14,23H2,1-2H3,(H3,24,25,26,30);1H/t18-,19-;/m0./s1. The van der Waals surface area contributed by atoms with E-state index in [0.717, 1.165) is 0 Å². The van der Waals surface area contributed by atoms with Crippen molar-refractivity contribution in [2.75, 3.05) is 24.5 Å². The minimum Gasteiger partial charge on any atom is -0.356 e. The highest BCUT2D eigenvalue weighted by atomic mass is 35.5. The van der Waals surface area contributed by atoms with Crippen molar-refractivity contribution in [3.63, 3.8) is 0 Å². The molecule has 0 radical (unpaired) electrons. The maximum absolute atomic E-state index is 13.7. The van der Waals surface area contributed by atoms with E-state index in [4.69, 9.17) is 11.1 Å². The van der Waals surface area contributed by atoms with Gasteiger partial charge in [-0.2, -0.15) is 4.31 Å². The van der Waals surface area contributed by atoms with E-state index in [1.807, 2.05) is 0 Å². The topological polar surface area (TPSA) is 166 Å². The van der Waals surface area contributed by atoms with Crippen molar-refractivity contribution in [3.8, 4) is 0 Å². The normalized spacial score (nSPS) is 16.7. The van der Waals surface area contributed by atoms with Crippen molar-refractivity contribution in [1.29, 1.82) is 5.41 Å².